The van der Waals surface area contributed by atoms with Gasteiger partial charge in [0.1, 0.15) is 0 Å². The zero-order valence-corrected chi connectivity index (χ0v) is 9.74. The third kappa shape index (κ3) is 4.17. The average Bonchev–Trinajstić information content (AvgIpc) is 2.24. The van der Waals surface area contributed by atoms with E-state index in [2.05, 4.69) is 17.7 Å². The van der Waals surface area contributed by atoms with Crippen LogP contribution in [0.5, 0.6) is 0 Å². The molecule has 0 unspecified atom stereocenters. The molecular weight excluding hydrogens is 210 g/mol. The van der Waals surface area contributed by atoms with Crippen molar-refractivity contribution in [2.24, 2.45) is 0 Å². The van der Waals surface area contributed by atoms with Gasteiger partial charge in [-0.25, -0.2) is 0 Å². The second-order valence-electron chi connectivity index (χ2n) is 3.71. The van der Waals surface area contributed by atoms with Gasteiger partial charge >= 0.3 is 0 Å². The first-order valence-corrected chi connectivity index (χ1v) is 5.75. The third-order valence-corrected chi connectivity index (χ3v) is 2.33. The molecule has 3 heteroatoms. The lowest BCUT2D eigenvalue weighted by Crippen LogP contribution is -2.44. The van der Waals surface area contributed by atoms with Crippen molar-refractivity contribution in [3.63, 3.8) is 0 Å². The minimum atomic E-state index is 0.838. The lowest BCUT2D eigenvalue weighted by molar-refractivity contribution is 0.124. The average molecular weight is 227 g/mol. The van der Waals surface area contributed by atoms with Crippen molar-refractivity contribution >= 4 is 0 Å². The molecule has 0 aromatic carbocycles. The summed E-state index contributed by atoms with van der Waals surface area (Å²) in [6, 6.07) is 0. The normalized spacial score (nSPS) is 26.6. The predicted octanol–water partition coefficient (Wildman–Crippen LogP) is 2.29. The second kappa shape index (κ2) is 6.55. The van der Waals surface area contributed by atoms with E-state index in [0.717, 1.165) is 13.1 Å². The molecule has 0 atom stereocenters. The molecule has 2 aliphatic heterocycles. The summed E-state index contributed by atoms with van der Waals surface area (Å²) in [5, 5.41) is 4.06. The van der Waals surface area contributed by atoms with E-state index in [1.807, 2.05) is 71.0 Å². The van der Waals surface area contributed by atoms with Crippen molar-refractivity contribution in [3.8, 4) is 0 Å². The summed E-state index contributed by atoms with van der Waals surface area (Å²) in [5.74, 6) is 0. The Morgan fingerprint density at radius 1 is 0.588 bits per heavy atom. The Labute approximate surface area is 102 Å². The van der Waals surface area contributed by atoms with Crippen molar-refractivity contribution in [1.29, 1.82) is 0 Å². The smallest absolute Gasteiger partial charge is 0.0539 e. The number of allylic oxidation sites excluding steroid dienone is 8. The fourth-order valence-corrected chi connectivity index (χ4v) is 1.50. The first-order valence-electron chi connectivity index (χ1n) is 5.75. The van der Waals surface area contributed by atoms with Gasteiger partial charge in [0.2, 0.25) is 0 Å². The molecule has 0 aromatic heterocycles. The molecular formula is C14H17N3. The number of nitrogens with one attached hydrogen (secondary N) is 1. The van der Waals surface area contributed by atoms with Gasteiger partial charge in [0.15, 0.2) is 0 Å². The van der Waals surface area contributed by atoms with Crippen LogP contribution in [0, 0.1) is 0 Å². The molecule has 0 fully saturated rings. The monoisotopic (exact) mass is 227 g/mol. The number of hydrazine groups is 2. The summed E-state index contributed by atoms with van der Waals surface area (Å²) in [6.45, 7) is 1.68. The zero-order valence-electron chi connectivity index (χ0n) is 9.74. The van der Waals surface area contributed by atoms with Gasteiger partial charge in [-0.15, -0.1) is 5.53 Å². The van der Waals surface area contributed by atoms with Crippen LogP contribution in [0.4, 0.5) is 0 Å². The molecule has 2 rings (SSSR count). The zero-order chi connectivity index (χ0) is 11.8. The molecule has 2 heterocycles. The van der Waals surface area contributed by atoms with Crippen LogP contribution in [-0.2, 0) is 0 Å². The Bertz CT molecular complexity index is 362. The van der Waals surface area contributed by atoms with Gasteiger partial charge in [-0.3, -0.25) is 10.0 Å². The van der Waals surface area contributed by atoms with Crippen LogP contribution in [0.2, 0.25) is 0 Å². The van der Waals surface area contributed by atoms with Crippen LogP contribution in [0.1, 0.15) is 0 Å². The van der Waals surface area contributed by atoms with Crippen LogP contribution in [0.25, 0.3) is 0 Å². The highest BCUT2D eigenvalue weighted by Gasteiger charge is 2.01. The molecule has 0 saturated heterocycles. The maximum atomic E-state index is 3.32. The molecule has 0 amide bonds. The van der Waals surface area contributed by atoms with E-state index < -0.39 is 0 Å². The largest absolute Gasteiger partial charge is 0.294 e. The molecule has 88 valence electrons. The van der Waals surface area contributed by atoms with E-state index >= 15 is 0 Å². The Hall–Kier alpha value is -2.00. The molecule has 1 N–H and O–H groups in total. The van der Waals surface area contributed by atoms with Crippen molar-refractivity contribution in [2.45, 2.75) is 0 Å². The van der Waals surface area contributed by atoms with E-state index in [1.54, 1.807) is 0 Å². The molecule has 0 aliphatic carbocycles. The van der Waals surface area contributed by atoms with E-state index in [0.29, 0.717) is 0 Å². The lowest BCUT2D eigenvalue weighted by Gasteiger charge is -2.28. The van der Waals surface area contributed by atoms with Gasteiger partial charge in [0.25, 0.3) is 0 Å². The maximum absolute atomic E-state index is 3.32. The highest BCUT2D eigenvalue weighted by atomic mass is 15.7. The number of rotatable bonds is 2. The first kappa shape index (κ1) is 11.5. The van der Waals surface area contributed by atoms with E-state index in [4.69, 9.17) is 0 Å². The molecule has 17 heavy (non-hydrogen) atoms. The highest BCUT2D eigenvalue weighted by Crippen LogP contribution is 1.97. The fraction of sp³-hybridized carbons (Fsp3) is 0.143. The maximum Gasteiger partial charge on any atom is 0.0539 e. The highest BCUT2D eigenvalue weighted by molar-refractivity contribution is 5.15. The summed E-state index contributed by atoms with van der Waals surface area (Å²) in [7, 11) is 0. The van der Waals surface area contributed by atoms with Crippen LogP contribution in [0.3, 0.4) is 0 Å². The molecule has 0 spiro atoms. The van der Waals surface area contributed by atoms with Crippen LogP contribution >= 0.6 is 0 Å². The summed E-state index contributed by atoms with van der Waals surface area (Å²) in [4.78, 5) is 0. The Balaban J connectivity index is 1.95. The summed E-state index contributed by atoms with van der Waals surface area (Å²) in [6.07, 6.45) is 24.4. The van der Waals surface area contributed by atoms with Gasteiger partial charge in [0, 0.05) is 12.4 Å². The van der Waals surface area contributed by atoms with E-state index in [1.165, 1.54) is 0 Å². The van der Waals surface area contributed by atoms with Crippen LogP contribution in [0.15, 0.2) is 73.2 Å². The third-order valence-electron chi connectivity index (χ3n) is 2.33. The number of hydrogen-bond donors (Lipinski definition) is 1. The predicted molar refractivity (Wildman–Crippen MR) is 71.4 cm³/mol. The van der Waals surface area contributed by atoms with Crippen molar-refractivity contribution in [1.82, 2.24) is 15.6 Å². The van der Waals surface area contributed by atoms with Crippen LogP contribution < -0.4 is 5.53 Å². The van der Waals surface area contributed by atoms with Crippen molar-refractivity contribution < 1.29 is 0 Å². The minimum Gasteiger partial charge on any atom is -0.294 e. The molecule has 0 saturated carbocycles. The Morgan fingerprint density at radius 2 is 1.06 bits per heavy atom. The molecule has 0 bridgehead atoms. The quantitative estimate of drug-likeness (QED) is 0.781. The fourth-order valence-electron chi connectivity index (χ4n) is 1.50. The number of nitrogens with zero attached hydrogens (tertiary/aromatic N) is 2. The minimum absolute atomic E-state index is 0.838. The molecule has 2 aliphatic rings. The molecule has 0 aromatic rings. The standard InChI is InChI=1S/C14H17N3/c1-3-7-11-16(12-8-4-1)15-17-13-9-5-2-6-10-14-17/h1-11,13,15H,12,14H2/b3-1-,5-2?,8-4-,10-6?,11-7-,13-9-. The topological polar surface area (TPSA) is 18.5 Å². The Morgan fingerprint density at radius 3 is 1.59 bits per heavy atom. The van der Waals surface area contributed by atoms with Gasteiger partial charge in [0.05, 0.1) is 13.1 Å². The first-order chi connectivity index (χ1) is 8.45. The Kier molecular flexibility index (Phi) is 4.43. The second-order valence-corrected chi connectivity index (χ2v) is 3.71. The molecule has 0 radical (unpaired) electrons. The lowest BCUT2D eigenvalue weighted by atomic mass is 10.4. The summed E-state index contributed by atoms with van der Waals surface area (Å²) >= 11 is 0. The van der Waals surface area contributed by atoms with Gasteiger partial charge in [-0.05, 0) is 12.2 Å². The SMILES string of the molecule is C1=C/C=C\N(NN2\C=C/C=C\C=C/C2)CC=C1. The van der Waals surface area contributed by atoms with Crippen molar-refractivity contribution in [3.05, 3.63) is 73.2 Å². The van der Waals surface area contributed by atoms with Gasteiger partial charge in [-0.2, -0.15) is 0 Å². The summed E-state index contributed by atoms with van der Waals surface area (Å²) < 4.78 is 0. The van der Waals surface area contributed by atoms with Crippen molar-refractivity contribution in [2.75, 3.05) is 13.1 Å². The van der Waals surface area contributed by atoms with Crippen LogP contribution in [-0.4, -0.2) is 23.1 Å². The summed E-state index contributed by atoms with van der Waals surface area (Å²) in [5.41, 5.74) is 3.32. The van der Waals surface area contributed by atoms with E-state index in [-0.39, 0.29) is 0 Å². The number of hydrogen-bond acceptors (Lipinski definition) is 3. The molecule has 3 nitrogen and oxygen atoms in total. The van der Waals surface area contributed by atoms with E-state index in [9.17, 15) is 0 Å². The van der Waals surface area contributed by atoms with Gasteiger partial charge in [-0.1, -0.05) is 48.6 Å². The van der Waals surface area contributed by atoms with Gasteiger partial charge < -0.3 is 0 Å².